The Morgan fingerprint density at radius 3 is 2.86 bits per heavy atom. The molecule has 0 saturated carbocycles. The number of rotatable bonds is 6. The molecule has 0 radical (unpaired) electrons. The second kappa shape index (κ2) is 10.0. The number of aliphatic imine (C=N–C) groups is 1. The Morgan fingerprint density at radius 1 is 1.36 bits per heavy atom. The van der Waals surface area contributed by atoms with Crippen molar-refractivity contribution in [2.75, 3.05) is 31.1 Å². The van der Waals surface area contributed by atoms with Crippen LogP contribution in [0, 0.1) is 0 Å². The van der Waals surface area contributed by atoms with Crippen LogP contribution in [0.15, 0.2) is 29.3 Å². The van der Waals surface area contributed by atoms with Gasteiger partial charge in [0.05, 0.1) is 6.10 Å². The molecule has 0 amide bonds. The molecule has 22 heavy (non-hydrogen) atoms. The highest BCUT2D eigenvalue weighted by Gasteiger charge is 2.22. The van der Waals surface area contributed by atoms with Crippen LogP contribution in [0.3, 0.4) is 0 Å². The predicted octanol–water partition coefficient (Wildman–Crippen LogP) is 3.45. The van der Waals surface area contributed by atoms with Crippen LogP contribution in [0.25, 0.3) is 0 Å². The smallest absolute Gasteiger partial charge is 0.198 e. The summed E-state index contributed by atoms with van der Waals surface area (Å²) in [6.07, 6.45) is 2.35. The maximum atomic E-state index is 5.56. The van der Waals surface area contributed by atoms with Gasteiger partial charge in [0.25, 0.3) is 0 Å². The van der Waals surface area contributed by atoms with Crippen LogP contribution in [0.4, 0.5) is 5.69 Å². The summed E-state index contributed by atoms with van der Waals surface area (Å²) in [6, 6.07) is 8.58. The Bertz CT molecular complexity index is 477. The van der Waals surface area contributed by atoms with Gasteiger partial charge in [0, 0.05) is 31.9 Å². The van der Waals surface area contributed by atoms with Crippen molar-refractivity contribution in [2.45, 2.75) is 39.7 Å². The summed E-state index contributed by atoms with van der Waals surface area (Å²) < 4.78 is 5.56. The lowest BCUT2D eigenvalue weighted by atomic mass is 10.2. The van der Waals surface area contributed by atoms with E-state index in [2.05, 4.69) is 55.3 Å². The van der Waals surface area contributed by atoms with Gasteiger partial charge in [-0.3, -0.25) is 4.99 Å². The molecule has 1 aromatic carbocycles. The molecule has 2 rings (SSSR count). The third-order valence-corrected chi connectivity index (χ3v) is 3.49. The first-order chi connectivity index (χ1) is 10.2. The highest BCUT2D eigenvalue weighted by molar-refractivity contribution is 14.0. The molecule has 1 N–H and O–H groups in total. The quantitative estimate of drug-likeness (QED) is 0.334. The number of para-hydroxylation sites is 1. The summed E-state index contributed by atoms with van der Waals surface area (Å²) in [7, 11) is 0. The number of hydrogen-bond acceptors (Lipinski definition) is 2. The molecule has 1 heterocycles. The zero-order valence-corrected chi connectivity index (χ0v) is 16.2. The number of nitrogens with zero attached hydrogens (tertiary/aromatic N) is 2. The first-order valence-corrected chi connectivity index (χ1v) is 7.97. The standard InChI is InChI=1S/C17H27N3O.HI/c1-4-18-17(19-11-7-13-21-14(2)3)20-12-10-15-8-5-6-9-16(15)20;/h5-6,8-9,14H,4,7,10-13H2,1-3H3,(H,18,19);1H. The summed E-state index contributed by atoms with van der Waals surface area (Å²) in [6.45, 7) is 9.71. The molecule has 0 fully saturated rings. The van der Waals surface area contributed by atoms with Crippen LogP contribution < -0.4 is 10.2 Å². The SMILES string of the molecule is CCNC(=NCCCOC(C)C)N1CCc2ccccc21.I. The fourth-order valence-electron chi connectivity index (χ4n) is 2.52. The van der Waals surface area contributed by atoms with Crippen LogP contribution >= 0.6 is 24.0 Å². The maximum absolute atomic E-state index is 5.56. The molecule has 124 valence electrons. The van der Waals surface area contributed by atoms with Crippen molar-refractivity contribution in [1.29, 1.82) is 0 Å². The monoisotopic (exact) mass is 417 g/mol. The second-order valence-corrected chi connectivity index (χ2v) is 5.54. The van der Waals surface area contributed by atoms with E-state index in [1.165, 1.54) is 11.3 Å². The number of benzene rings is 1. The lowest BCUT2D eigenvalue weighted by Gasteiger charge is -2.22. The fraction of sp³-hybridized carbons (Fsp3) is 0.588. The number of halogens is 1. The van der Waals surface area contributed by atoms with E-state index in [4.69, 9.17) is 9.73 Å². The molecule has 1 aromatic rings. The topological polar surface area (TPSA) is 36.9 Å². The summed E-state index contributed by atoms with van der Waals surface area (Å²) >= 11 is 0. The normalized spacial score (nSPS) is 14.0. The summed E-state index contributed by atoms with van der Waals surface area (Å²) in [5.74, 6) is 0.993. The molecule has 0 bridgehead atoms. The number of guanidine groups is 1. The third-order valence-electron chi connectivity index (χ3n) is 3.49. The molecule has 0 aliphatic carbocycles. The molecule has 1 aliphatic rings. The van der Waals surface area contributed by atoms with Crippen molar-refractivity contribution in [3.8, 4) is 0 Å². The summed E-state index contributed by atoms with van der Waals surface area (Å²) in [4.78, 5) is 7.04. The van der Waals surface area contributed by atoms with Crippen molar-refractivity contribution < 1.29 is 4.74 Å². The van der Waals surface area contributed by atoms with E-state index in [9.17, 15) is 0 Å². The highest BCUT2D eigenvalue weighted by atomic mass is 127. The van der Waals surface area contributed by atoms with E-state index in [0.29, 0.717) is 6.10 Å². The van der Waals surface area contributed by atoms with Crippen molar-refractivity contribution in [2.24, 2.45) is 4.99 Å². The first kappa shape index (κ1) is 19.2. The Labute approximate surface area is 151 Å². The Balaban J connectivity index is 0.00000242. The van der Waals surface area contributed by atoms with Crippen molar-refractivity contribution >= 4 is 35.6 Å². The number of ether oxygens (including phenoxy) is 1. The number of anilines is 1. The van der Waals surface area contributed by atoms with Gasteiger partial charge in [0.15, 0.2) is 5.96 Å². The minimum absolute atomic E-state index is 0. The van der Waals surface area contributed by atoms with Gasteiger partial charge in [0.2, 0.25) is 0 Å². The van der Waals surface area contributed by atoms with Gasteiger partial charge in [-0.15, -0.1) is 24.0 Å². The highest BCUT2D eigenvalue weighted by Crippen LogP contribution is 2.27. The third kappa shape index (κ3) is 5.43. The summed E-state index contributed by atoms with van der Waals surface area (Å²) in [5, 5.41) is 3.40. The van der Waals surface area contributed by atoms with Crippen LogP contribution in [-0.4, -0.2) is 38.3 Å². The van der Waals surface area contributed by atoms with Crippen molar-refractivity contribution in [3.63, 3.8) is 0 Å². The fourth-order valence-corrected chi connectivity index (χ4v) is 2.52. The number of fused-ring (bicyclic) bond motifs is 1. The van der Waals surface area contributed by atoms with Crippen LogP contribution in [-0.2, 0) is 11.2 Å². The number of nitrogens with one attached hydrogen (secondary N) is 1. The largest absolute Gasteiger partial charge is 0.379 e. The van der Waals surface area contributed by atoms with Gasteiger partial charge in [-0.2, -0.15) is 0 Å². The van der Waals surface area contributed by atoms with Crippen LogP contribution in [0.2, 0.25) is 0 Å². The Kier molecular flexibility index (Phi) is 8.78. The van der Waals surface area contributed by atoms with Crippen LogP contribution in [0.5, 0.6) is 0 Å². The molecule has 0 spiro atoms. The van der Waals surface area contributed by atoms with E-state index in [-0.39, 0.29) is 24.0 Å². The zero-order chi connectivity index (χ0) is 15.1. The van der Waals surface area contributed by atoms with Gasteiger partial charge in [-0.05, 0) is 45.2 Å². The zero-order valence-electron chi connectivity index (χ0n) is 13.8. The Hall–Kier alpha value is -0.820. The van der Waals surface area contributed by atoms with Gasteiger partial charge < -0.3 is 15.0 Å². The van der Waals surface area contributed by atoms with Gasteiger partial charge in [-0.25, -0.2) is 0 Å². The minimum atomic E-state index is 0. The van der Waals surface area contributed by atoms with E-state index < -0.39 is 0 Å². The molecular weight excluding hydrogens is 389 g/mol. The van der Waals surface area contributed by atoms with Gasteiger partial charge in [-0.1, -0.05) is 18.2 Å². The van der Waals surface area contributed by atoms with E-state index in [1.807, 2.05) is 0 Å². The van der Waals surface area contributed by atoms with E-state index in [1.54, 1.807) is 0 Å². The molecule has 4 nitrogen and oxygen atoms in total. The van der Waals surface area contributed by atoms with Crippen molar-refractivity contribution in [3.05, 3.63) is 29.8 Å². The Morgan fingerprint density at radius 2 is 2.14 bits per heavy atom. The predicted molar refractivity (Wildman–Crippen MR) is 105 cm³/mol. The average molecular weight is 417 g/mol. The van der Waals surface area contributed by atoms with Crippen LogP contribution in [0.1, 0.15) is 32.8 Å². The maximum Gasteiger partial charge on any atom is 0.198 e. The second-order valence-electron chi connectivity index (χ2n) is 5.54. The molecule has 0 atom stereocenters. The van der Waals surface area contributed by atoms with E-state index in [0.717, 1.165) is 45.0 Å². The van der Waals surface area contributed by atoms with Crippen molar-refractivity contribution in [1.82, 2.24) is 5.32 Å². The lowest BCUT2D eigenvalue weighted by molar-refractivity contribution is 0.0783. The molecule has 0 saturated heterocycles. The average Bonchev–Trinajstić information content (AvgIpc) is 2.89. The van der Waals surface area contributed by atoms with Gasteiger partial charge >= 0.3 is 0 Å². The summed E-state index contributed by atoms with van der Waals surface area (Å²) in [5.41, 5.74) is 2.70. The number of hydrogen-bond donors (Lipinski definition) is 1. The van der Waals surface area contributed by atoms with E-state index >= 15 is 0 Å². The minimum Gasteiger partial charge on any atom is -0.379 e. The first-order valence-electron chi connectivity index (χ1n) is 7.97. The molecule has 1 aliphatic heterocycles. The van der Waals surface area contributed by atoms with Gasteiger partial charge in [0.1, 0.15) is 0 Å². The molecule has 0 unspecified atom stereocenters. The lowest BCUT2D eigenvalue weighted by Crippen LogP contribution is -2.40. The molecular formula is C17H28IN3O. The molecule has 0 aromatic heterocycles. The molecule has 5 heteroatoms.